The van der Waals surface area contributed by atoms with Gasteiger partial charge in [-0.15, -0.1) is 0 Å². The summed E-state index contributed by atoms with van der Waals surface area (Å²) in [5.41, 5.74) is 0.472. The molecular weight excluding hydrogens is 332 g/mol. The van der Waals surface area contributed by atoms with Crippen molar-refractivity contribution in [2.75, 3.05) is 0 Å². The van der Waals surface area contributed by atoms with Crippen molar-refractivity contribution in [3.8, 4) is 0 Å². The molecule has 0 spiro atoms. The second-order valence-electron chi connectivity index (χ2n) is 8.15. The summed E-state index contributed by atoms with van der Waals surface area (Å²) in [6.45, 7) is 5.83. The van der Waals surface area contributed by atoms with Crippen molar-refractivity contribution in [3.05, 3.63) is 35.9 Å². The maximum absolute atomic E-state index is 12.5. The summed E-state index contributed by atoms with van der Waals surface area (Å²) in [6.07, 6.45) is 2.76. The lowest BCUT2D eigenvalue weighted by molar-refractivity contribution is 0.0403. The Morgan fingerprint density at radius 1 is 1.12 bits per heavy atom. The fourth-order valence-corrected chi connectivity index (χ4v) is 3.86. The summed E-state index contributed by atoms with van der Waals surface area (Å²) in [5.74, 6) is 0. The van der Waals surface area contributed by atoms with Gasteiger partial charge in [0.25, 0.3) is 0 Å². The summed E-state index contributed by atoms with van der Waals surface area (Å²) < 4.78 is 10.8. The molecule has 26 heavy (non-hydrogen) atoms. The highest BCUT2D eigenvalue weighted by molar-refractivity contribution is 5.70. The van der Waals surface area contributed by atoms with E-state index < -0.39 is 5.60 Å². The molecule has 6 nitrogen and oxygen atoms in total. The summed E-state index contributed by atoms with van der Waals surface area (Å²) in [5, 5.41) is 2.95. The van der Waals surface area contributed by atoms with E-state index in [2.05, 4.69) is 5.32 Å². The van der Waals surface area contributed by atoms with Crippen LogP contribution in [0, 0.1) is 0 Å². The molecule has 0 unspecified atom stereocenters. The molecule has 0 saturated carbocycles. The van der Waals surface area contributed by atoms with Gasteiger partial charge in [0, 0.05) is 18.1 Å². The number of nitrogens with one attached hydrogen (secondary N) is 1. The predicted octanol–water partition coefficient (Wildman–Crippen LogP) is 3.84. The van der Waals surface area contributed by atoms with Gasteiger partial charge < -0.3 is 19.7 Å². The zero-order chi connectivity index (χ0) is 18.7. The lowest BCUT2D eigenvalue weighted by atomic mass is 9.98. The topological polar surface area (TPSA) is 67.9 Å². The number of amides is 2. The van der Waals surface area contributed by atoms with Crippen LogP contribution in [0.4, 0.5) is 9.59 Å². The van der Waals surface area contributed by atoms with Gasteiger partial charge in [-0.2, -0.15) is 0 Å². The zero-order valence-electron chi connectivity index (χ0n) is 15.7. The molecule has 0 radical (unpaired) electrons. The third kappa shape index (κ3) is 4.68. The van der Waals surface area contributed by atoms with Gasteiger partial charge in [0.2, 0.25) is 0 Å². The monoisotopic (exact) mass is 360 g/mol. The van der Waals surface area contributed by atoms with Crippen molar-refractivity contribution >= 4 is 12.2 Å². The first-order valence-electron chi connectivity index (χ1n) is 9.30. The Kier molecular flexibility index (Phi) is 5.39. The molecule has 3 rings (SSSR count). The van der Waals surface area contributed by atoms with E-state index in [1.807, 2.05) is 56.0 Å². The highest BCUT2D eigenvalue weighted by atomic mass is 16.6. The predicted molar refractivity (Wildman–Crippen MR) is 97.7 cm³/mol. The zero-order valence-corrected chi connectivity index (χ0v) is 15.7. The second kappa shape index (κ2) is 7.56. The number of hydrogen-bond acceptors (Lipinski definition) is 4. The Morgan fingerprint density at radius 2 is 1.73 bits per heavy atom. The molecule has 1 aromatic carbocycles. The Balaban J connectivity index is 1.52. The number of piperidine rings is 1. The van der Waals surface area contributed by atoms with Gasteiger partial charge in [0.15, 0.2) is 0 Å². The van der Waals surface area contributed by atoms with Crippen molar-refractivity contribution in [2.24, 2.45) is 0 Å². The minimum atomic E-state index is -0.509. The average Bonchev–Trinajstić information content (AvgIpc) is 2.83. The fourth-order valence-electron chi connectivity index (χ4n) is 3.86. The largest absolute Gasteiger partial charge is 0.445 e. The molecule has 2 aliphatic rings. The van der Waals surface area contributed by atoms with E-state index in [9.17, 15) is 9.59 Å². The van der Waals surface area contributed by atoms with Crippen LogP contribution in [0.3, 0.4) is 0 Å². The number of carbonyl (C=O) groups excluding carboxylic acids is 2. The summed E-state index contributed by atoms with van der Waals surface area (Å²) >= 11 is 0. The van der Waals surface area contributed by atoms with Crippen LogP contribution >= 0.6 is 0 Å². The van der Waals surface area contributed by atoms with Gasteiger partial charge in [-0.3, -0.25) is 0 Å². The molecule has 3 atom stereocenters. The minimum Gasteiger partial charge on any atom is -0.445 e. The van der Waals surface area contributed by atoms with Crippen LogP contribution in [-0.2, 0) is 16.1 Å². The van der Waals surface area contributed by atoms with Gasteiger partial charge in [-0.1, -0.05) is 30.3 Å². The number of hydrogen-bond donors (Lipinski definition) is 1. The first kappa shape index (κ1) is 18.5. The molecule has 2 aliphatic heterocycles. The van der Waals surface area contributed by atoms with Gasteiger partial charge in [-0.05, 0) is 52.0 Å². The van der Waals surface area contributed by atoms with Crippen LogP contribution < -0.4 is 5.32 Å². The number of carbonyl (C=O) groups is 2. The molecule has 0 aromatic heterocycles. The molecule has 2 heterocycles. The molecule has 2 bridgehead atoms. The van der Waals surface area contributed by atoms with E-state index in [0.29, 0.717) is 0 Å². The van der Waals surface area contributed by atoms with E-state index in [1.54, 1.807) is 0 Å². The van der Waals surface area contributed by atoms with Crippen LogP contribution in [0.15, 0.2) is 30.3 Å². The third-order valence-electron chi connectivity index (χ3n) is 4.87. The van der Waals surface area contributed by atoms with Gasteiger partial charge in [-0.25, -0.2) is 9.59 Å². The lowest BCUT2D eigenvalue weighted by Gasteiger charge is -2.38. The van der Waals surface area contributed by atoms with Crippen molar-refractivity contribution in [1.82, 2.24) is 10.2 Å². The quantitative estimate of drug-likeness (QED) is 0.889. The molecule has 2 amide bonds. The molecule has 142 valence electrons. The number of nitrogens with zero attached hydrogens (tertiary/aromatic N) is 1. The maximum atomic E-state index is 12.5. The van der Waals surface area contributed by atoms with Crippen molar-refractivity contribution in [3.63, 3.8) is 0 Å². The standard InChI is InChI=1S/C20H28N2O4/c1-20(2,3)26-18(23)21-15-11-16-9-10-17(12-15)22(16)19(24)25-13-14-7-5-4-6-8-14/h4-8,15-17H,9-13H2,1-3H3,(H,21,23)/t15-,16+,17-. The number of alkyl carbamates (subject to hydrolysis) is 1. The van der Waals surface area contributed by atoms with Crippen LogP contribution in [-0.4, -0.2) is 40.8 Å². The Bertz CT molecular complexity index is 627. The highest BCUT2D eigenvalue weighted by Gasteiger charge is 2.44. The van der Waals surface area contributed by atoms with Crippen molar-refractivity contribution < 1.29 is 19.1 Å². The lowest BCUT2D eigenvalue weighted by Crippen LogP contribution is -2.53. The number of fused-ring (bicyclic) bond motifs is 2. The fraction of sp³-hybridized carbons (Fsp3) is 0.600. The van der Waals surface area contributed by atoms with E-state index >= 15 is 0 Å². The Morgan fingerprint density at radius 3 is 2.31 bits per heavy atom. The van der Waals surface area contributed by atoms with Crippen LogP contribution in [0.5, 0.6) is 0 Å². The second-order valence-corrected chi connectivity index (χ2v) is 8.15. The molecule has 6 heteroatoms. The molecule has 1 aromatic rings. The van der Waals surface area contributed by atoms with E-state index in [0.717, 1.165) is 31.2 Å². The molecular formula is C20H28N2O4. The highest BCUT2D eigenvalue weighted by Crippen LogP contribution is 2.36. The molecule has 2 fully saturated rings. The van der Waals surface area contributed by atoms with Crippen LogP contribution in [0.1, 0.15) is 52.0 Å². The SMILES string of the molecule is CC(C)(C)OC(=O)N[C@H]1C[C@H]2CC[C@@H](C1)N2C(=O)OCc1ccccc1. The molecule has 0 aliphatic carbocycles. The van der Waals surface area contributed by atoms with Gasteiger partial charge in [0.1, 0.15) is 12.2 Å². The minimum absolute atomic E-state index is 0.0422. The van der Waals surface area contributed by atoms with Crippen molar-refractivity contribution in [1.29, 1.82) is 0 Å². The van der Waals surface area contributed by atoms with E-state index in [-0.39, 0.29) is 36.9 Å². The average molecular weight is 360 g/mol. The summed E-state index contributed by atoms with van der Waals surface area (Å²) in [6, 6.07) is 9.97. The summed E-state index contributed by atoms with van der Waals surface area (Å²) in [7, 11) is 0. The van der Waals surface area contributed by atoms with E-state index in [1.165, 1.54) is 0 Å². The van der Waals surface area contributed by atoms with Gasteiger partial charge >= 0.3 is 12.2 Å². The van der Waals surface area contributed by atoms with Crippen LogP contribution in [0.2, 0.25) is 0 Å². The number of rotatable bonds is 3. The molecule has 1 N–H and O–H groups in total. The first-order chi connectivity index (χ1) is 12.3. The Hall–Kier alpha value is -2.24. The van der Waals surface area contributed by atoms with Crippen LogP contribution in [0.25, 0.3) is 0 Å². The van der Waals surface area contributed by atoms with E-state index in [4.69, 9.17) is 9.47 Å². The maximum Gasteiger partial charge on any atom is 0.410 e. The third-order valence-corrected chi connectivity index (χ3v) is 4.87. The number of ether oxygens (including phenoxy) is 2. The number of benzene rings is 1. The Labute approximate surface area is 154 Å². The summed E-state index contributed by atoms with van der Waals surface area (Å²) in [4.78, 5) is 26.4. The first-order valence-corrected chi connectivity index (χ1v) is 9.30. The normalized spacial score (nSPS) is 24.9. The van der Waals surface area contributed by atoms with Gasteiger partial charge in [0.05, 0.1) is 0 Å². The molecule has 2 saturated heterocycles. The smallest absolute Gasteiger partial charge is 0.410 e. The van der Waals surface area contributed by atoms with Crippen molar-refractivity contribution in [2.45, 2.75) is 76.8 Å².